The molecule has 2 N–H and O–H groups in total. The van der Waals surface area contributed by atoms with Crippen LogP contribution in [0.4, 0.5) is 0 Å². The van der Waals surface area contributed by atoms with Crippen LogP contribution in [0.2, 0.25) is 0 Å². The van der Waals surface area contributed by atoms with Gasteiger partial charge in [-0.2, -0.15) is 23.5 Å². The lowest BCUT2D eigenvalue weighted by Crippen LogP contribution is -2.40. The smallest absolute Gasteiger partial charge is 0.310 e. The maximum atomic E-state index is 11.5. The first-order valence-corrected chi connectivity index (χ1v) is 8.37. The fourth-order valence-electron chi connectivity index (χ4n) is 1.31. The molecule has 0 heterocycles. The van der Waals surface area contributed by atoms with Crippen LogP contribution >= 0.6 is 23.5 Å². The van der Waals surface area contributed by atoms with Crippen molar-refractivity contribution in [2.45, 2.75) is 12.5 Å². The van der Waals surface area contributed by atoms with Gasteiger partial charge in [-0.1, -0.05) is 0 Å². The molecule has 2 atom stereocenters. The average Bonchev–Trinajstić information content (AvgIpc) is 2.37. The minimum Gasteiger partial charge on any atom is -0.469 e. The standard InChI is InChI=1S/C11H21NO4S2/c1-16-11(15)8(4-5-17-2)6-12-10(14)9(13)7-18-3/h8-9,13H,4-7H2,1-3H3,(H,12,14)/t8-,9?/m1/s1. The molecule has 0 aromatic rings. The van der Waals surface area contributed by atoms with Crippen molar-refractivity contribution >= 4 is 35.4 Å². The van der Waals surface area contributed by atoms with Gasteiger partial charge in [0.2, 0.25) is 5.91 Å². The van der Waals surface area contributed by atoms with E-state index >= 15 is 0 Å². The molecule has 0 aliphatic heterocycles. The Bertz CT molecular complexity index is 263. The van der Waals surface area contributed by atoms with Gasteiger partial charge >= 0.3 is 5.97 Å². The Labute approximate surface area is 116 Å². The van der Waals surface area contributed by atoms with Gasteiger partial charge in [0.05, 0.1) is 13.0 Å². The number of aliphatic hydroxyl groups excluding tert-OH is 1. The summed E-state index contributed by atoms with van der Waals surface area (Å²) < 4.78 is 4.68. The number of carbonyl (C=O) groups is 2. The van der Waals surface area contributed by atoms with E-state index in [1.54, 1.807) is 11.8 Å². The topological polar surface area (TPSA) is 75.6 Å². The first-order chi connectivity index (χ1) is 8.56. The van der Waals surface area contributed by atoms with E-state index in [1.807, 2.05) is 12.5 Å². The lowest BCUT2D eigenvalue weighted by atomic mass is 10.1. The van der Waals surface area contributed by atoms with Crippen molar-refractivity contribution in [2.75, 3.05) is 37.7 Å². The zero-order valence-electron chi connectivity index (χ0n) is 11.0. The predicted molar refractivity (Wildman–Crippen MR) is 75.9 cm³/mol. The summed E-state index contributed by atoms with van der Waals surface area (Å²) >= 11 is 3.02. The van der Waals surface area contributed by atoms with Crippen molar-refractivity contribution in [1.29, 1.82) is 0 Å². The predicted octanol–water partition coefficient (Wildman–Crippen LogP) is 0.369. The van der Waals surface area contributed by atoms with Crippen molar-refractivity contribution in [3.63, 3.8) is 0 Å². The molecular formula is C11H21NO4S2. The zero-order chi connectivity index (χ0) is 14.0. The molecule has 5 nitrogen and oxygen atoms in total. The van der Waals surface area contributed by atoms with Gasteiger partial charge in [-0.3, -0.25) is 9.59 Å². The van der Waals surface area contributed by atoms with E-state index in [9.17, 15) is 14.7 Å². The van der Waals surface area contributed by atoms with Gasteiger partial charge in [0.15, 0.2) is 0 Å². The van der Waals surface area contributed by atoms with Crippen LogP contribution in [0.15, 0.2) is 0 Å². The van der Waals surface area contributed by atoms with Gasteiger partial charge in [0.1, 0.15) is 6.10 Å². The second-order valence-corrected chi connectivity index (χ2v) is 5.61. The van der Waals surface area contributed by atoms with Crippen LogP contribution in [0.25, 0.3) is 0 Å². The zero-order valence-corrected chi connectivity index (χ0v) is 12.6. The van der Waals surface area contributed by atoms with Crippen LogP contribution in [-0.2, 0) is 14.3 Å². The number of hydrogen-bond donors (Lipinski definition) is 2. The number of thioether (sulfide) groups is 2. The van der Waals surface area contributed by atoms with Crippen LogP contribution in [0, 0.1) is 5.92 Å². The number of rotatable bonds is 9. The molecule has 7 heteroatoms. The number of nitrogens with one attached hydrogen (secondary N) is 1. The third kappa shape index (κ3) is 7.13. The Morgan fingerprint density at radius 3 is 2.50 bits per heavy atom. The summed E-state index contributed by atoms with van der Waals surface area (Å²) in [4.78, 5) is 23.0. The Morgan fingerprint density at radius 1 is 1.33 bits per heavy atom. The lowest BCUT2D eigenvalue weighted by Gasteiger charge is -2.16. The number of ether oxygens (including phenoxy) is 1. The molecule has 1 amide bonds. The number of aliphatic hydroxyl groups is 1. The van der Waals surface area contributed by atoms with E-state index in [4.69, 9.17) is 0 Å². The third-order valence-electron chi connectivity index (χ3n) is 2.35. The van der Waals surface area contributed by atoms with Gasteiger partial charge in [-0.15, -0.1) is 0 Å². The first kappa shape index (κ1) is 17.6. The molecule has 1 unspecified atom stereocenters. The molecule has 0 rings (SSSR count). The summed E-state index contributed by atoms with van der Waals surface area (Å²) in [5, 5.41) is 12.0. The Hall–Kier alpha value is -0.400. The maximum absolute atomic E-state index is 11.5. The fourth-order valence-corrected chi connectivity index (χ4v) is 2.29. The molecule has 0 aliphatic rings. The van der Waals surface area contributed by atoms with Crippen molar-refractivity contribution in [1.82, 2.24) is 5.32 Å². The number of esters is 1. The summed E-state index contributed by atoms with van der Waals surface area (Å²) in [6.07, 6.45) is 3.38. The molecule has 0 aromatic carbocycles. The molecule has 0 bridgehead atoms. The average molecular weight is 295 g/mol. The normalized spacial score (nSPS) is 13.8. The second kappa shape index (κ2) is 10.5. The van der Waals surface area contributed by atoms with E-state index < -0.39 is 12.0 Å². The molecule has 0 aliphatic carbocycles. The van der Waals surface area contributed by atoms with Crippen LogP contribution in [0.5, 0.6) is 0 Å². The Kier molecular flexibility index (Phi) is 10.3. The fraction of sp³-hybridized carbons (Fsp3) is 0.818. The molecule has 0 fully saturated rings. The number of amides is 1. The van der Waals surface area contributed by atoms with Crippen LogP contribution in [0.3, 0.4) is 0 Å². The third-order valence-corrected chi connectivity index (χ3v) is 3.65. The number of carbonyl (C=O) groups excluding carboxylic acids is 2. The van der Waals surface area contributed by atoms with Crippen molar-refractivity contribution in [2.24, 2.45) is 5.92 Å². The van der Waals surface area contributed by atoms with Crippen LogP contribution in [-0.4, -0.2) is 60.8 Å². The SMILES string of the molecule is COC(=O)[C@H](CCSC)CNC(=O)C(O)CSC. The van der Waals surface area contributed by atoms with Gasteiger partial charge in [0.25, 0.3) is 0 Å². The second-order valence-electron chi connectivity index (χ2n) is 3.72. The van der Waals surface area contributed by atoms with Gasteiger partial charge in [0, 0.05) is 12.3 Å². The van der Waals surface area contributed by atoms with E-state index in [0.29, 0.717) is 12.2 Å². The molecule has 0 aromatic heterocycles. The van der Waals surface area contributed by atoms with Crippen LogP contribution < -0.4 is 5.32 Å². The molecule has 0 spiro atoms. The largest absolute Gasteiger partial charge is 0.469 e. The minimum atomic E-state index is -1.03. The quantitative estimate of drug-likeness (QED) is 0.599. The van der Waals surface area contributed by atoms with Crippen molar-refractivity contribution in [3.8, 4) is 0 Å². The van der Waals surface area contributed by atoms with Crippen molar-refractivity contribution < 1.29 is 19.4 Å². The summed E-state index contributed by atoms with van der Waals surface area (Å²) in [5.41, 5.74) is 0. The summed E-state index contributed by atoms with van der Waals surface area (Å²) in [6.45, 7) is 0.206. The molecule has 18 heavy (non-hydrogen) atoms. The van der Waals surface area contributed by atoms with Crippen LogP contribution in [0.1, 0.15) is 6.42 Å². The van der Waals surface area contributed by atoms with E-state index in [2.05, 4.69) is 10.1 Å². The van der Waals surface area contributed by atoms with Crippen molar-refractivity contribution in [3.05, 3.63) is 0 Å². The minimum absolute atomic E-state index is 0.206. The molecular weight excluding hydrogens is 274 g/mol. The first-order valence-electron chi connectivity index (χ1n) is 5.58. The Balaban J connectivity index is 4.16. The van der Waals surface area contributed by atoms with E-state index in [1.165, 1.54) is 18.9 Å². The van der Waals surface area contributed by atoms with Gasteiger partial charge in [-0.25, -0.2) is 0 Å². The molecule has 0 radical (unpaired) electrons. The molecule has 0 saturated heterocycles. The highest BCUT2D eigenvalue weighted by atomic mass is 32.2. The molecule has 106 valence electrons. The van der Waals surface area contributed by atoms with Gasteiger partial charge < -0.3 is 15.2 Å². The summed E-state index contributed by atoms with van der Waals surface area (Å²) in [6, 6.07) is 0. The monoisotopic (exact) mass is 295 g/mol. The number of methoxy groups -OCH3 is 1. The maximum Gasteiger partial charge on any atom is 0.310 e. The highest BCUT2D eigenvalue weighted by molar-refractivity contribution is 7.98. The number of hydrogen-bond acceptors (Lipinski definition) is 6. The highest BCUT2D eigenvalue weighted by Gasteiger charge is 2.21. The summed E-state index contributed by atoms with van der Waals surface area (Å²) in [7, 11) is 1.33. The van der Waals surface area contributed by atoms with E-state index in [-0.39, 0.29) is 18.4 Å². The summed E-state index contributed by atoms with van der Waals surface area (Å²) in [5.74, 6) is 0.0433. The molecule has 0 saturated carbocycles. The lowest BCUT2D eigenvalue weighted by molar-refractivity contribution is -0.145. The Morgan fingerprint density at radius 2 is 2.00 bits per heavy atom. The van der Waals surface area contributed by atoms with E-state index in [0.717, 1.165) is 5.75 Å². The highest BCUT2D eigenvalue weighted by Crippen LogP contribution is 2.09. The van der Waals surface area contributed by atoms with Gasteiger partial charge in [-0.05, 0) is 24.7 Å².